The average Bonchev–Trinajstić information content (AvgIpc) is 3.14. The number of rotatable bonds is 7. The van der Waals surface area contributed by atoms with Crippen molar-refractivity contribution in [2.75, 3.05) is 7.11 Å². The topological polar surface area (TPSA) is 64.4 Å². The van der Waals surface area contributed by atoms with Gasteiger partial charge in [-0.3, -0.25) is 0 Å². The Morgan fingerprint density at radius 1 is 1.12 bits per heavy atom. The van der Waals surface area contributed by atoms with E-state index in [-0.39, 0.29) is 5.82 Å². The molecule has 2 aromatic carbocycles. The molecule has 0 aliphatic heterocycles. The van der Waals surface area contributed by atoms with Gasteiger partial charge in [0.05, 0.1) is 19.1 Å². The number of carboxylic acid groups (broad SMARTS) is 1. The third-order valence-corrected chi connectivity index (χ3v) is 4.73. The van der Waals surface area contributed by atoms with Gasteiger partial charge in [-0.05, 0) is 42.5 Å². The molecular formula is C24H26F4N2O3. The van der Waals surface area contributed by atoms with E-state index in [0.717, 1.165) is 42.1 Å². The zero-order chi connectivity index (χ0) is 24.6. The summed E-state index contributed by atoms with van der Waals surface area (Å²) in [5, 5.41) is 7.12. The van der Waals surface area contributed by atoms with E-state index in [4.69, 9.17) is 14.6 Å². The number of para-hydroxylation sites is 1. The number of aromatic nitrogens is 2. The molecule has 3 rings (SSSR count). The van der Waals surface area contributed by atoms with Crippen molar-refractivity contribution in [1.82, 2.24) is 9.55 Å². The Labute approximate surface area is 189 Å². The van der Waals surface area contributed by atoms with Gasteiger partial charge in [-0.2, -0.15) is 13.2 Å². The molecule has 9 heteroatoms. The third-order valence-electron chi connectivity index (χ3n) is 4.73. The minimum Gasteiger partial charge on any atom is -0.496 e. The van der Waals surface area contributed by atoms with Crippen molar-refractivity contribution in [1.29, 1.82) is 0 Å². The third kappa shape index (κ3) is 7.34. The molecule has 0 unspecified atom stereocenters. The van der Waals surface area contributed by atoms with E-state index in [1.165, 1.54) is 6.07 Å². The molecule has 0 aliphatic carbocycles. The van der Waals surface area contributed by atoms with Gasteiger partial charge in [-0.1, -0.05) is 44.2 Å². The van der Waals surface area contributed by atoms with Crippen molar-refractivity contribution in [3.63, 3.8) is 0 Å². The first-order valence-electron chi connectivity index (χ1n) is 10.3. The summed E-state index contributed by atoms with van der Waals surface area (Å²) in [6.45, 7) is 5.12. The number of methoxy groups -OCH3 is 1. The number of alkyl halides is 3. The fourth-order valence-corrected chi connectivity index (χ4v) is 3.23. The van der Waals surface area contributed by atoms with E-state index in [1.54, 1.807) is 19.2 Å². The number of aliphatic carboxylic acids is 1. The number of imidazole rings is 1. The molecule has 1 N–H and O–H groups in total. The zero-order valence-electron chi connectivity index (χ0n) is 18.6. The predicted octanol–water partition coefficient (Wildman–Crippen LogP) is 5.77. The number of hydrogen-bond acceptors (Lipinski definition) is 3. The lowest BCUT2D eigenvalue weighted by Crippen LogP contribution is -2.21. The van der Waals surface area contributed by atoms with Gasteiger partial charge >= 0.3 is 12.1 Å². The summed E-state index contributed by atoms with van der Waals surface area (Å²) in [5.74, 6) is -1.63. The molecule has 178 valence electrons. The molecule has 0 saturated carbocycles. The molecule has 0 atom stereocenters. The van der Waals surface area contributed by atoms with Crippen LogP contribution in [0.2, 0.25) is 0 Å². The lowest BCUT2D eigenvalue weighted by Gasteiger charge is -2.14. The van der Waals surface area contributed by atoms with Gasteiger partial charge < -0.3 is 14.4 Å². The minimum atomic E-state index is -5.08. The van der Waals surface area contributed by atoms with Gasteiger partial charge in [0.25, 0.3) is 0 Å². The van der Waals surface area contributed by atoms with Crippen LogP contribution in [0, 0.1) is 11.7 Å². The molecule has 0 bridgehead atoms. The Morgan fingerprint density at radius 2 is 1.73 bits per heavy atom. The van der Waals surface area contributed by atoms with Crippen molar-refractivity contribution in [2.45, 2.75) is 39.4 Å². The van der Waals surface area contributed by atoms with Crippen molar-refractivity contribution in [3.05, 3.63) is 71.9 Å². The summed E-state index contributed by atoms with van der Waals surface area (Å²) in [7, 11) is 1.69. The largest absolute Gasteiger partial charge is 0.496 e. The van der Waals surface area contributed by atoms with E-state index in [1.807, 2.05) is 30.6 Å². The van der Waals surface area contributed by atoms with E-state index >= 15 is 0 Å². The average molecular weight is 466 g/mol. The number of aryl methyl sites for hydroxylation is 2. The highest BCUT2D eigenvalue weighted by atomic mass is 19.4. The maximum absolute atomic E-state index is 14.3. The smallest absolute Gasteiger partial charge is 0.490 e. The Morgan fingerprint density at radius 3 is 2.30 bits per heavy atom. The molecule has 5 nitrogen and oxygen atoms in total. The molecule has 33 heavy (non-hydrogen) atoms. The maximum Gasteiger partial charge on any atom is 0.490 e. The number of carbonyl (C=O) groups is 1. The van der Waals surface area contributed by atoms with E-state index in [0.29, 0.717) is 11.5 Å². The van der Waals surface area contributed by atoms with E-state index in [2.05, 4.69) is 29.5 Å². The normalized spacial score (nSPS) is 11.2. The molecule has 0 radical (unpaired) electrons. The second-order valence-electron chi connectivity index (χ2n) is 7.68. The summed E-state index contributed by atoms with van der Waals surface area (Å²) in [4.78, 5) is 13.4. The van der Waals surface area contributed by atoms with Crippen LogP contribution in [0.1, 0.15) is 25.1 Å². The number of hydrogen-bond donors (Lipinski definition) is 1. The number of halogens is 4. The minimum absolute atomic E-state index is 0.229. The monoisotopic (exact) mass is 466 g/mol. The highest BCUT2D eigenvalue weighted by Gasteiger charge is 2.38. The molecule has 3 aromatic rings. The van der Waals surface area contributed by atoms with Crippen LogP contribution in [0.4, 0.5) is 17.6 Å². The van der Waals surface area contributed by atoms with E-state index in [9.17, 15) is 17.6 Å². The molecule has 0 spiro atoms. The first-order chi connectivity index (χ1) is 15.5. The number of carboxylic acids is 1. The Balaban J connectivity index is 0.000000479. The quantitative estimate of drug-likeness (QED) is 0.449. The van der Waals surface area contributed by atoms with Gasteiger partial charge in [0, 0.05) is 17.8 Å². The fraction of sp³-hybridized carbons (Fsp3) is 0.333. The lowest BCUT2D eigenvalue weighted by molar-refractivity contribution is -0.192. The van der Waals surface area contributed by atoms with Crippen LogP contribution in [0.3, 0.4) is 0 Å². The molecule has 1 heterocycles. The van der Waals surface area contributed by atoms with Crippen LogP contribution in [-0.4, -0.2) is 33.9 Å². The Bertz CT molecular complexity index is 1060. The van der Waals surface area contributed by atoms with Crippen LogP contribution in [-0.2, 0) is 24.2 Å². The molecule has 0 fully saturated rings. The molecule has 1 aromatic heterocycles. The number of benzene rings is 2. The van der Waals surface area contributed by atoms with Crippen LogP contribution in [0.15, 0.2) is 54.9 Å². The first kappa shape index (κ1) is 25.9. The van der Waals surface area contributed by atoms with Crippen molar-refractivity contribution < 1.29 is 32.2 Å². The van der Waals surface area contributed by atoms with Gasteiger partial charge in [0.15, 0.2) is 0 Å². The van der Waals surface area contributed by atoms with Crippen molar-refractivity contribution in [3.8, 4) is 17.0 Å². The maximum atomic E-state index is 14.3. The second kappa shape index (κ2) is 11.5. The van der Waals surface area contributed by atoms with Gasteiger partial charge in [0.1, 0.15) is 11.6 Å². The van der Waals surface area contributed by atoms with Crippen LogP contribution < -0.4 is 4.74 Å². The highest BCUT2D eigenvalue weighted by Crippen LogP contribution is 2.27. The zero-order valence-corrected chi connectivity index (χ0v) is 18.6. The SMILES string of the molecule is COc1ccccc1CCn1cnc(-c2ccccc2F)c1CC(C)C.O=C(O)C(F)(F)F. The summed E-state index contributed by atoms with van der Waals surface area (Å²) in [5.41, 5.74) is 3.56. The van der Waals surface area contributed by atoms with Crippen molar-refractivity contribution in [2.24, 2.45) is 5.92 Å². The van der Waals surface area contributed by atoms with Gasteiger partial charge in [0.2, 0.25) is 0 Å². The van der Waals surface area contributed by atoms with Crippen LogP contribution >= 0.6 is 0 Å². The standard InChI is InChI=1S/C22H25FN2O.C2HF3O2/c1-16(2)14-20-22(18-9-5-6-10-19(18)23)24-15-25(20)13-12-17-8-4-7-11-21(17)26-3;3-2(4,5)1(6)7/h4-11,15-16H,12-14H2,1-3H3;(H,6,7). The molecule has 0 amide bonds. The van der Waals surface area contributed by atoms with Gasteiger partial charge in [-0.25, -0.2) is 14.2 Å². The summed E-state index contributed by atoms with van der Waals surface area (Å²) < 4.78 is 53.6. The summed E-state index contributed by atoms with van der Waals surface area (Å²) in [6.07, 6.45) is -1.56. The van der Waals surface area contributed by atoms with Gasteiger partial charge in [-0.15, -0.1) is 0 Å². The molecular weight excluding hydrogens is 440 g/mol. The summed E-state index contributed by atoms with van der Waals surface area (Å²) >= 11 is 0. The van der Waals surface area contributed by atoms with Crippen LogP contribution in [0.25, 0.3) is 11.3 Å². The van der Waals surface area contributed by atoms with Crippen LogP contribution in [0.5, 0.6) is 5.75 Å². The fourth-order valence-electron chi connectivity index (χ4n) is 3.23. The lowest BCUT2D eigenvalue weighted by atomic mass is 10.0. The summed E-state index contributed by atoms with van der Waals surface area (Å²) in [6, 6.07) is 14.9. The Kier molecular flexibility index (Phi) is 9.02. The predicted molar refractivity (Wildman–Crippen MR) is 117 cm³/mol. The number of ether oxygens (including phenoxy) is 1. The second-order valence-corrected chi connectivity index (χ2v) is 7.68. The van der Waals surface area contributed by atoms with E-state index < -0.39 is 12.1 Å². The number of nitrogens with zero attached hydrogens (tertiary/aromatic N) is 2. The first-order valence-corrected chi connectivity index (χ1v) is 10.3. The van der Waals surface area contributed by atoms with Crippen molar-refractivity contribution >= 4 is 5.97 Å². The molecule has 0 saturated heterocycles. The molecule has 0 aliphatic rings. The highest BCUT2D eigenvalue weighted by molar-refractivity contribution is 5.73. The Hall–Kier alpha value is -3.36.